The van der Waals surface area contributed by atoms with E-state index in [1.54, 1.807) is 0 Å². The molecule has 0 aliphatic heterocycles. The van der Waals surface area contributed by atoms with E-state index in [1.807, 2.05) is 54.6 Å². The predicted molar refractivity (Wildman–Crippen MR) is 109 cm³/mol. The van der Waals surface area contributed by atoms with Crippen molar-refractivity contribution in [1.82, 2.24) is 0 Å². The van der Waals surface area contributed by atoms with Gasteiger partial charge in [-0.3, -0.25) is 4.79 Å². The summed E-state index contributed by atoms with van der Waals surface area (Å²) in [6.45, 7) is 4.38. The predicted octanol–water partition coefficient (Wildman–Crippen LogP) is 7.04. The average Bonchev–Trinajstić information content (AvgIpc) is 2.68. The molecule has 1 unspecified atom stereocenters. The van der Waals surface area contributed by atoms with E-state index in [9.17, 15) is 4.79 Å². The van der Waals surface area contributed by atoms with Gasteiger partial charge in [0.15, 0.2) is 0 Å². The Labute approximate surface area is 158 Å². The SMILES string of the molecule is CCCCCCC(CCCC)C(=O)Oc1ccccc1-c1ccccc1. The van der Waals surface area contributed by atoms with E-state index in [-0.39, 0.29) is 11.9 Å². The van der Waals surface area contributed by atoms with Gasteiger partial charge in [-0.25, -0.2) is 0 Å². The van der Waals surface area contributed by atoms with Crippen LogP contribution in [0.2, 0.25) is 0 Å². The summed E-state index contributed by atoms with van der Waals surface area (Å²) >= 11 is 0. The minimum absolute atomic E-state index is 0.00985. The lowest BCUT2D eigenvalue weighted by molar-refractivity contribution is -0.139. The molecule has 0 radical (unpaired) electrons. The molecule has 0 saturated heterocycles. The molecule has 2 aromatic rings. The molecule has 0 aliphatic carbocycles. The number of hydrogen-bond acceptors (Lipinski definition) is 2. The van der Waals surface area contributed by atoms with E-state index >= 15 is 0 Å². The third-order valence-corrected chi connectivity index (χ3v) is 4.83. The minimum Gasteiger partial charge on any atom is -0.426 e. The van der Waals surface area contributed by atoms with E-state index in [0.29, 0.717) is 5.75 Å². The Morgan fingerprint density at radius 2 is 1.46 bits per heavy atom. The van der Waals surface area contributed by atoms with Crippen molar-refractivity contribution in [1.29, 1.82) is 0 Å². The summed E-state index contributed by atoms with van der Waals surface area (Å²) in [7, 11) is 0. The first-order valence-corrected chi connectivity index (χ1v) is 10.1. The quantitative estimate of drug-likeness (QED) is 0.246. The smallest absolute Gasteiger partial charge is 0.314 e. The number of esters is 1. The van der Waals surface area contributed by atoms with Crippen molar-refractivity contribution in [2.45, 2.75) is 65.2 Å². The largest absolute Gasteiger partial charge is 0.426 e. The van der Waals surface area contributed by atoms with Crippen LogP contribution in [0.15, 0.2) is 54.6 Å². The molecule has 0 amide bonds. The number of hydrogen-bond donors (Lipinski definition) is 0. The zero-order valence-corrected chi connectivity index (χ0v) is 16.2. The molecule has 0 aliphatic rings. The Hall–Kier alpha value is -2.09. The van der Waals surface area contributed by atoms with Gasteiger partial charge < -0.3 is 4.74 Å². The summed E-state index contributed by atoms with van der Waals surface area (Å²) in [5, 5.41) is 0. The van der Waals surface area contributed by atoms with Crippen molar-refractivity contribution < 1.29 is 9.53 Å². The van der Waals surface area contributed by atoms with Gasteiger partial charge in [-0.05, 0) is 24.5 Å². The van der Waals surface area contributed by atoms with Crippen LogP contribution in [0.1, 0.15) is 65.2 Å². The van der Waals surface area contributed by atoms with Crippen molar-refractivity contribution in [2.24, 2.45) is 5.92 Å². The number of carbonyl (C=O) groups excluding carboxylic acids is 1. The average molecular weight is 353 g/mol. The van der Waals surface area contributed by atoms with Crippen LogP contribution in [0.25, 0.3) is 11.1 Å². The van der Waals surface area contributed by atoms with Crippen LogP contribution < -0.4 is 4.74 Å². The molecule has 2 aromatic carbocycles. The van der Waals surface area contributed by atoms with Crippen molar-refractivity contribution in [3.8, 4) is 16.9 Å². The van der Waals surface area contributed by atoms with Gasteiger partial charge in [-0.15, -0.1) is 0 Å². The summed E-state index contributed by atoms with van der Waals surface area (Å²) < 4.78 is 5.88. The van der Waals surface area contributed by atoms with Crippen LogP contribution in [0.4, 0.5) is 0 Å². The van der Waals surface area contributed by atoms with Crippen LogP contribution in [-0.4, -0.2) is 5.97 Å². The fourth-order valence-electron chi connectivity index (χ4n) is 3.25. The standard InChI is InChI=1S/C24H32O2/c1-3-5-7-9-17-21(14-6-4-2)24(25)26-23-19-13-12-18-22(23)20-15-10-8-11-16-20/h8,10-13,15-16,18-19,21H,3-7,9,14,17H2,1-2H3. The lowest BCUT2D eigenvalue weighted by Gasteiger charge is -2.17. The number of ether oxygens (including phenoxy) is 1. The fraction of sp³-hybridized carbons (Fsp3) is 0.458. The Morgan fingerprint density at radius 3 is 2.19 bits per heavy atom. The molecule has 26 heavy (non-hydrogen) atoms. The second-order valence-electron chi connectivity index (χ2n) is 6.97. The zero-order chi connectivity index (χ0) is 18.6. The monoisotopic (exact) mass is 352 g/mol. The highest BCUT2D eigenvalue weighted by atomic mass is 16.5. The zero-order valence-electron chi connectivity index (χ0n) is 16.2. The first kappa shape index (κ1) is 20.2. The number of carbonyl (C=O) groups is 1. The van der Waals surface area contributed by atoms with E-state index in [1.165, 1.54) is 19.3 Å². The van der Waals surface area contributed by atoms with E-state index in [2.05, 4.69) is 13.8 Å². The number of benzene rings is 2. The van der Waals surface area contributed by atoms with Crippen molar-refractivity contribution in [3.05, 3.63) is 54.6 Å². The highest BCUT2D eigenvalue weighted by Crippen LogP contribution is 2.31. The van der Waals surface area contributed by atoms with Crippen LogP contribution in [0.5, 0.6) is 5.75 Å². The molecule has 0 heterocycles. The van der Waals surface area contributed by atoms with Gasteiger partial charge in [-0.2, -0.15) is 0 Å². The molecular weight excluding hydrogens is 320 g/mol. The van der Waals surface area contributed by atoms with Crippen LogP contribution in [0, 0.1) is 5.92 Å². The molecule has 0 spiro atoms. The normalized spacial score (nSPS) is 11.9. The summed E-state index contributed by atoms with van der Waals surface area (Å²) in [5.74, 6) is 0.604. The topological polar surface area (TPSA) is 26.3 Å². The number of unbranched alkanes of at least 4 members (excludes halogenated alkanes) is 4. The summed E-state index contributed by atoms with van der Waals surface area (Å²) in [4.78, 5) is 12.8. The second kappa shape index (κ2) is 11.5. The molecule has 0 N–H and O–H groups in total. The Kier molecular flexibility index (Phi) is 8.95. The van der Waals surface area contributed by atoms with E-state index in [4.69, 9.17) is 4.74 Å². The van der Waals surface area contributed by atoms with E-state index in [0.717, 1.165) is 43.2 Å². The molecule has 0 saturated carbocycles. The summed E-state index contributed by atoms with van der Waals surface area (Å²) in [5.41, 5.74) is 2.05. The number of rotatable bonds is 11. The lowest BCUT2D eigenvalue weighted by atomic mass is 9.95. The minimum atomic E-state index is -0.0710. The van der Waals surface area contributed by atoms with Crippen LogP contribution >= 0.6 is 0 Å². The lowest BCUT2D eigenvalue weighted by Crippen LogP contribution is -2.21. The highest BCUT2D eigenvalue weighted by molar-refractivity contribution is 5.79. The van der Waals surface area contributed by atoms with Gasteiger partial charge in [0.1, 0.15) is 5.75 Å². The Balaban J connectivity index is 2.08. The Morgan fingerprint density at radius 1 is 0.808 bits per heavy atom. The molecule has 2 heteroatoms. The maximum absolute atomic E-state index is 12.8. The molecule has 2 nitrogen and oxygen atoms in total. The molecule has 2 rings (SSSR count). The van der Waals surface area contributed by atoms with Crippen LogP contribution in [0.3, 0.4) is 0 Å². The summed E-state index contributed by atoms with van der Waals surface area (Å²) in [6, 6.07) is 17.9. The first-order valence-electron chi connectivity index (χ1n) is 10.1. The van der Waals surface area contributed by atoms with Gasteiger partial charge in [0, 0.05) is 5.56 Å². The van der Waals surface area contributed by atoms with Gasteiger partial charge in [0.25, 0.3) is 0 Å². The second-order valence-corrected chi connectivity index (χ2v) is 6.97. The number of para-hydroxylation sites is 1. The third kappa shape index (κ3) is 6.33. The fourth-order valence-corrected chi connectivity index (χ4v) is 3.25. The molecule has 140 valence electrons. The van der Waals surface area contributed by atoms with Gasteiger partial charge in [0.05, 0.1) is 5.92 Å². The van der Waals surface area contributed by atoms with Crippen molar-refractivity contribution in [2.75, 3.05) is 0 Å². The first-order chi connectivity index (χ1) is 12.8. The van der Waals surface area contributed by atoms with Gasteiger partial charge in [0.2, 0.25) is 0 Å². The maximum atomic E-state index is 12.8. The van der Waals surface area contributed by atoms with Gasteiger partial charge in [-0.1, -0.05) is 101 Å². The molecule has 0 fully saturated rings. The molecule has 1 atom stereocenters. The highest BCUT2D eigenvalue weighted by Gasteiger charge is 2.21. The molecular formula is C24H32O2. The van der Waals surface area contributed by atoms with E-state index < -0.39 is 0 Å². The molecule has 0 bridgehead atoms. The summed E-state index contributed by atoms with van der Waals surface area (Å²) in [6.07, 6.45) is 8.82. The van der Waals surface area contributed by atoms with Gasteiger partial charge >= 0.3 is 5.97 Å². The third-order valence-electron chi connectivity index (χ3n) is 4.83. The van der Waals surface area contributed by atoms with Crippen molar-refractivity contribution in [3.63, 3.8) is 0 Å². The van der Waals surface area contributed by atoms with Crippen molar-refractivity contribution >= 4 is 5.97 Å². The molecule has 0 aromatic heterocycles. The maximum Gasteiger partial charge on any atom is 0.314 e. The van der Waals surface area contributed by atoms with Crippen LogP contribution in [-0.2, 0) is 4.79 Å². The Bertz CT molecular complexity index is 648.